The zero-order valence-electron chi connectivity index (χ0n) is 15.7. The lowest BCUT2D eigenvalue weighted by Crippen LogP contribution is -2.60. The number of carboxylic acid groups (broad SMARTS) is 1. The summed E-state index contributed by atoms with van der Waals surface area (Å²) in [6.45, 7) is 2.54. The summed E-state index contributed by atoms with van der Waals surface area (Å²) < 4.78 is 18.0. The van der Waals surface area contributed by atoms with Gasteiger partial charge in [0.1, 0.15) is 18.8 Å². The van der Waals surface area contributed by atoms with Crippen LogP contribution < -0.4 is 5.32 Å². The van der Waals surface area contributed by atoms with Gasteiger partial charge in [-0.1, -0.05) is 44.2 Å². The molecule has 8 nitrogen and oxygen atoms in total. The SMILES string of the molecule is CC(C)C[C@@H](C(=O)NC(CC(=O)O)C(O)CF)N1C(=O)OC1c1ccccc1. The molecule has 1 aromatic carbocycles. The van der Waals surface area contributed by atoms with Crippen molar-refractivity contribution in [3.8, 4) is 0 Å². The Morgan fingerprint density at radius 3 is 2.43 bits per heavy atom. The fourth-order valence-electron chi connectivity index (χ4n) is 3.05. The number of amides is 2. The van der Waals surface area contributed by atoms with Crippen LogP contribution in [0.5, 0.6) is 0 Å². The molecule has 28 heavy (non-hydrogen) atoms. The Balaban J connectivity index is 2.22. The van der Waals surface area contributed by atoms with Crippen molar-refractivity contribution in [3.05, 3.63) is 35.9 Å². The molecule has 1 aliphatic heterocycles. The van der Waals surface area contributed by atoms with E-state index in [2.05, 4.69) is 5.32 Å². The van der Waals surface area contributed by atoms with E-state index in [1.165, 1.54) is 4.90 Å². The maximum Gasteiger partial charge on any atom is 0.415 e. The number of carboxylic acids is 1. The summed E-state index contributed by atoms with van der Waals surface area (Å²) in [5, 5.41) is 21.1. The molecule has 9 heteroatoms. The zero-order chi connectivity index (χ0) is 20.8. The zero-order valence-corrected chi connectivity index (χ0v) is 15.7. The predicted octanol–water partition coefficient (Wildman–Crippen LogP) is 1.84. The quantitative estimate of drug-likeness (QED) is 0.556. The fourth-order valence-corrected chi connectivity index (χ4v) is 3.05. The van der Waals surface area contributed by atoms with E-state index < -0.39 is 55.5 Å². The van der Waals surface area contributed by atoms with Gasteiger partial charge in [-0.25, -0.2) is 9.18 Å². The summed E-state index contributed by atoms with van der Waals surface area (Å²) in [6.07, 6.45) is -3.43. The van der Waals surface area contributed by atoms with E-state index in [1.54, 1.807) is 24.3 Å². The molecule has 1 fully saturated rings. The Hall–Kier alpha value is -2.68. The molecule has 1 saturated heterocycles. The molecular weight excluding hydrogens is 371 g/mol. The number of aliphatic hydroxyl groups is 1. The number of hydrogen-bond acceptors (Lipinski definition) is 5. The number of nitrogens with one attached hydrogen (secondary N) is 1. The largest absolute Gasteiger partial charge is 0.481 e. The van der Waals surface area contributed by atoms with Crippen LogP contribution in [0.25, 0.3) is 0 Å². The number of carbonyl (C=O) groups excluding carboxylic acids is 2. The summed E-state index contributed by atoms with van der Waals surface area (Å²) in [7, 11) is 0. The Kier molecular flexibility index (Phi) is 7.33. The van der Waals surface area contributed by atoms with E-state index in [9.17, 15) is 23.9 Å². The molecule has 0 aliphatic carbocycles. The minimum absolute atomic E-state index is 0.0320. The molecule has 0 radical (unpaired) electrons. The van der Waals surface area contributed by atoms with Crippen LogP contribution in [0, 0.1) is 5.92 Å². The number of benzene rings is 1. The summed E-state index contributed by atoms with van der Waals surface area (Å²) in [6, 6.07) is 6.62. The van der Waals surface area contributed by atoms with E-state index in [-0.39, 0.29) is 12.3 Å². The molecule has 0 aromatic heterocycles. The van der Waals surface area contributed by atoms with Crippen LogP contribution in [0.4, 0.5) is 9.18 Å². The molecule has 0 spiro atoms. The number of halogens is 1. The van der Waals surface area contributed by atoms with Gasteiger partial charge in [0, 0.05) is 5.56 Å². The first-order chi connectivity index (χ1) is 13.2. The van der Waals surface area contributed by atoms with Crippen LogP contribution in [0.1, 0.15) is 38.5 Å². The molecule has 3 N–H and O–H groups in total. The van der Waals surface area contributed by atoms with Crippen LogP contribution >= 0.6 is 0 Å². The molecule has 0 saturated carbocycles. The van der Waals surface area contributed by atoms with Gasteiger partial charge in [0.05, 0.1) is 12.5 Å². The van der Waals surface area contributed by atoms with Gasteiger partial charge < -0.3 is 20.3 Å². The number of carbonyl (C=O) groups is 3. The molecule has 3 unspecified atom stereocenters. The van der Waals surface area contributed by atoms with Crippen molar-refractivity contribution in [1.82, 2.24) is 10.2 Å². The standard InChI is InChI=1S/C19H25FN2O6/c1-11(2)8-14(17(26)21-13(9-16(24)25)15(23)10-20)22-18(28-19(22)27)12-6-4-3-5-7-12/h3-7,11,13-15,18,23H,8-10H2,1-2H3,(H,21,26)(H,24,25)/t13?,14-,15?,18?/m0/s1. The highest BCUT2D eigenvalue weighted by atomic mass is 19.1. The predicted molar refractivity (Wildman–Crippen MR) is 96.9 cm³/mol. The van der Waals surface area contributed by atoms with E-state index in [4.69, 9.17) is 9.84 Å². The van der Waals surface area contributed by atoms with Gasteiger partial charge in [0.25, 0.3) is 0 Å². The molecule has 2 amide bonds. The first-order valence-corrected chi connectivity index (χ1v) is 9.04. The Labute approximate surface area is 162 Å². The fraction of sp³-hybridized carbons (Fsp3) is 0.526. The maximum absolute atomic E-state index is 12.9. The molecular formula is C19H25FN2O6. The number of aliphatic carboxylic acids is 1. The number of rotatable bonds is 10. The molecule has 1 heterocycles. The number of cyclic esters (lactones) is 1. The maximum atomic E-state index is 12.9. The van der Waals surface area contributed by atoms with Gasteiger partial charge in [-0.15, -0.1) is 0 Å². The molecule has 4 atom stereocenters. The second-order valence-corrected chi connectivity index (χ2v) is 7.13. The van der Waals surface area contributed by atoms with Crippen LogP contribution in [-0.2, 0) is 14.3 Å². The number of nitrogens with zero attached hydrogens (tertiary/aromatic N) is 1. The number of aliphatic hydroxyl groups excluding tert-OH is 1. The molecule has 2 rings (SSSR count). The Morgan fingerprint density at radius 1 is 1.29 bits per heavy atom. The smallest absolute Gasteiger partial charge is 0.415 e. The Morgan fingerprint density at radius 2 is 1.93 bits per heavy atom. The van der Waals surface area contributed by atoms with Gasteiger partial charge in [0.2, 0.25) is 12.1 Å². The van der Waals surface area contributed by atoms with Crippen LogP contribution in [0.15, 0.2) is 30.3 Å². The van der Waals surface area contributed by atoms with Crippen molar-refractivity contribution >= 4 is 18.0 Å². The minimum atomic E-state index is -1.66. The van der Waals surface area contributed by atoms with Crippen LogP contribution in [0.2, 0.25) is 0 Å². The highest BCUT2D eigenvalue weighted by Gasteiger charge is 2.47. The summed E-state index contributed by atoms with van der Waals surface area (Å²) in [4.78, 5) is 37.2. The lowest BCUT2D eigenvalue weighted by molar-refractivity contribution is -0.151. The van der Waals surface area contributed by atoms with Crippen molar-refractivity contribution in [2.45, 2.75) is 51.1 Å². The lowest BCUT2D eigenvalue weighted by Gasteiger charge is -2.44. The second-order valence-electron chi connectivity index (χ2n) is 7.13. The molecule has 1 aliphatic rings. The lowest BCUT2D eigenvalue weighted by atomic mass is 9.98. The second kappa shape index (κ2) is 9.50. The van der Waals surface area contributed by atoms with Crippen molar-refractivity contribution < 1.29 is 33.7 Å². The highest BCUT2D eigenvalue weighted by Crippen LogP contribution is 2.36. The monoisotopic (exact) mass is 396 g/mol. The van der Waals surface area contributed by atoms with E-state index in [0.717, 1.165) is 0 Å². The third-order valence-electron chi connectivity index (χ3n) is 4.44. The third kappa shape index (κ3) is 5.19. The summed E-state index contributed by atoms with van der Waals surface area (Å²) >= 11 is 0. The third-order valence-corrected chi connectivity index (χ3v) is 4.44. The van der Waals surface area contributed by atoms with Gasteiger partial charge >= 0.3 is 12.1 Å². The topological polar surface area (TPSA) is 116 Å². The summed E-state index contributed by atoms with van der Waals surface area (Å²) in [5.74, 6) is -1.92. The van der Waals surface area contributed by atoms with Gasteiger partial charge in [0.15, 0.2) is 0 Å². The first-order valence-electron chi connectivity index (χ1n) is 9.04. The van der Waals surface area contributed by atoms with E-state index in [0.29, 0.717) is 5.56 Å². The number of hydrogen-bond donors (Lipinski definition) is 3. The Bertz CT molecular complexity index is 699. The van der Waals surface area contributed by atoms with Crippen molar-refractivity contribution in [1.29, 1.82) is 0 Å². The van der Waals surface area contributed by atoms with Gasteiger partial charge in [-0.2, -0.15) is 0 Å². The van der Waals surface area contributed by atoms with E-state index in [1.807, 2.05) is 19.9 Å². The molecule has 1 aromatic rings. The molecule has 154 valence electrons. The highest BCUT2D eigenvalue weighted by molar-refractivity contribution is 5.88. The van der Waals surface area contributed by atoms with Crippen molar-refractivity contribution in [3.63, 3.8) is 0 Å². The average molecular weight is 396 g/mol. The van der Waals surface area contributed by atoms with Crippen LogP contribution in [0.3, 0.4) is 0 Å². The number of ether oxygens (including phenoxy) is 1. The van der Waals surface area contributed by atoms with Crippen molar-refractivity contribution in [2.75, 3.05) is 6.67 Å². The van der Waals surface area contributed by atoms with E-state index >= 15 is 0 Å². The van der Waals surface area contributed by atoms with Crippen molar-refractivity contribution in [2.24, 2.45) is 5.92 Å². The summed E-state index contributed by atoms with van der Waals surface area (Å²) in [5.41, 5.74) is 0.689. The first kappa shape index (κ1) is 21.6. The molecule has 0 bridgehead atoms. The van der Waals surface area contributed by atoms with Crippen LogP contribution in [-0.4, -0.2) is 57.9 Å². The number of alkyl halides is 1. The van der Waals surface area contributed by atoms with Gasteiger partial charge in [-0.3, -0.25) is 14.5 Å². The average Bonchev–Trinajstić information content (AvgIpc) is 2.64. The van der Waals surface area contributed by atoms with Gasteiger partial charge in [-0.05, 0) is 12.3 Å². The normalized spacial score (nSPS) is 19.4. The minimum Gasteiger partial charge on any atom is -0.481 e.